The van der Waals surface area contributed by atoms with Crippen LogP contribution in [0, 0.1) is 19.3 Å². The summed E-state index contributed by atoms with van der Waals surface area (Å²) in [7, 11) is 1.74. The minimum atomic E-state index is 0.0269. The lowest BCUT2D eigenvalue weighted by molar-refractivity contribution is 0.0511. The monoisotopic (exact) mass is 321 g/mol. The SMILES string of the molecule is COCC1(CNC(=O)c2cc(C)n(C(C)C)c2C)CCNCC1. The highest BCUT2D eigenvalue weighted by molar-refractivity contribution is 5.95. The number of piperidine rings is 1. The number of carbonyl (C=O) groups is 1. The molecule has 0 aromatic carbocycles. The van der Waals surface area contributed by atoms with E-state index >= 15 is 0 Å². The third-order valence-electron chi connectivity index (χ3n) is 4.98. The van der Waals surface area contributed by atoms with E-state index < -0.39 is 0 Å². The zero-order valence-corrected chi connectivity index (χ0v) is 15.2. The number of nitrogens with one attached hydrogen (secondary N) is 2. The zero-order valence-electron chi connectivity index (χ0n) is 15.2. The van der Waals surface area contributed by atoms with Crippen LogP contribution in [0.5, 0.6) is 0 Å². The van der Waals surface area contributed by atoms with Crippen LogP contribution in [0.4, 0.5) is 0 Å². The average molecular weight is 321 g/mol. The Morgan fingerprint density at radius 1 is 1.39 bits per heavy atom. The summed E-state index contributed by atoms with van der Waals surface area (Å²) in [6.45, 7) is 11.7. The second kappa shape index (κ2) is 7.49. The number of nitrogens with zero attached hydrogens (tertiary/aromatic N) is 1. The molecule has 5 heteroatoms. The lowest BCUT2D eigenvalue weighted by Gasteiger charge is -2.37. The summed E-state index contributed by atoms with van der Waals surface area (Å²) in [5.74, 6) is 0.0269. The summed E-state index contributed by atoms with van der Waals surface area (Å²) < 4.78 is 7.63. The molecule has 2 heterocycles. The Hall–Kier alpha value is -1.33. The number of hydrogen-bond acceptors (Lipinski definition) is 3. The first-order valence-electron chi connectivity index (χ1n) is 8.56. The van der Waals surface area contributed by atoms with E-state index in [-0.39, 0.29) is 11.3 Å². The van der Waals surface area contributed by atoms with Gasteiger partial charge in [-0.3, -0.25) is 4.79 Å². The minimum absolute atomic E-state index is 0.0269. The van der Waals surface area contributed by atoms with Crippen molar-refractivity contribution in [1.82, 2.24) is 15.2 Å². The third-order valence-corrected chi connectivity index (χ3v) is 4.98. The standard InChI is InChI=1S/C18H31N3O2/c1-13(2)21-14(3)10-16(15(21)4)17(22)20-11-18(12-23-5)6-8-19-9-7-18/h10,13,19H,6-9,11-12H2,1-5H3,(H,20,22). The van der Waals surface area contributed by atoms with Gasteiger partial charge in [0.25, 0.3) is 5.91 Å². The van der Waals surface area contributed by atoms with Crippen LogP contribution >= 0.6 is 0 Å². The summed E-state index contributed by atoms with van der Waals surface area (Å²) >= 11 is 0. The van der Waals surface area contributed by atoms with E-state index in [9.17, 15) is 4.79 Å². The van der Waals surface area contributed by atoms with Crippen LogP contribution in [-0.4, -0.2) is 43.8 Å². The van der Waals surface area contributed by atoms with Gasteiger partial charge in [-0.2, -0.15) is 0 Å². The highest BCUT2D eigenvalue weighted by atomic mass is 16.5. The van der Waals surface area contributed by atoms with E-state index in [4.69, 9.17) is 4.74 Å². The topological polar surface area (TPSA) is 55.3 Å². The van der Waals surface area contributed by atoms with Crippen molar-refractivity contribution in [3.63, 3.8) is 0 Å². The van der Waals surface area contributed by atoms with Crippen LogP contribution in [0.3, 0.4) is 0 Å². The van der Waals surface area contributed by atoms with Gasteiger partial charge in [-0.1, -0.05) is 0 Å². The van der Waals surface area contributed by atoms with Gasteiger partial charge in [0.15, 0.2) is 0 Å². The van der Waals surface area contributed by atoms with Gasteiger partial charge in [-0.25, -0.2) is 0 Å². The van der Waals surface area contributed by atoms with E-state index in [0.717, 1.165) is 42.9 Å². The molecule has 0 aliphatic carbocycles. The van der Waals surface area contributed by atoms with Crippen LogP contribution in [-0.2, 0) is 4.74 Å². The molecule has 0 unspecified atom stereocenters. The molecule has 1 aromatic rings. The first-order valence-corrected chi connectivity index (χ1v) is 8.56. The van der Waals surface area contributed by atoms with E-state index in [0.29, 0.717) is 19.2 Å². The fraction of sp³-hybridized carbons (Fsp3) is 0.722. The number of rotatable bonds is 6. The molecule has 2 N–H and O–H groups in total. The highest BCUT2D eigenvalue weighted by Gasteiger charge is 2.32. The van der Waals surface area contributed by atoms with Crippen LogP contribution in [0.15, 0.2) is 6.07 Å². The largest absolute Gasteiger partial charge is 0.384 e. The van der Waals surface area contributed by atoms with Crippen molar-refractivity contribution in [2.45, 2.75) is 46.6 Å². The summed E-state index contributed by atoms with van der Waals surface area (Å²) in [4.78, 5) is 12.7. The number of methoxy groups -OCH3 is 1. The normalized spacial score (nSPS) is 17.5. The van der Waals surface area contributed by atoms with Crippen molar-refractivity contribution >= 4 is 5.91 Å². The molecule has 1 aromatic heterocycles. The van der Waals surface area contributed by atoms with Gasteiger partial charge >= 0.3 is 0 Å². The Balaban J connectivity index is 2.08. The molecule has 1 saturated heterocycles. The number of amides is 1. The molecule has 1 aliphatic heterocycles. The van der Waals surface area contributed by atoms with Crippen molar-refractivity contribution in [1.29, 1.82) is 0 Å². The minimum Gasteiger partial charge on any atom is -0.384 e. The number of aryl methyl sites for hydroxylation is 1. The van der Waals surface area contributed by atoms with Crippen molar-refractivity contribution < 1.29 is 9.53 Å². The third kappa shape index (κ3) is 3.96. The predicted molar refractivity (Wildman–Crippen MR) is 93.0 cm³/mol. The van der Waals surface area contributed by atoms with Gasteiger partial charge in [0.05, 0.1) is 12.2 Å². The van der Waals surface area contributed by atoms with E-state index in [1.165, 1.54) is 0 Å². The smallest absolute Gasteiger partial charge is 0.253 e. The molecular weight excluding hydrogens is 290 g/mol. The molecule has 2 rings (SSSR count). The van der Waals surface area contributed by atoms with E-state index in [2.05, 4.69) is 36.0 Å². The highest BCUT2D eigenvalue weighted by Crippen LogP contribution is 2.28. The van der Waals surface area contributed by atoms with Crippen LogP contribution in [0.25, 0.3) is 0 Å². The number of aromatic nitrogens is 1. The number of ether oxygens (including phenoxy) is 1. The van der Waals surface area contributed by atoms with Gasteiger partial charge < -0.3 is 19.9 Å². The van der Waals surface area contributed by atoms with Crippen LogP contribution < -0.4 is 10.6 Å². The maximum absolute atomic E-state index is 12.7. The Bertz CT molecular complexity index is 537. The summed E-state index contributed by atoms with van der Waals surface area (Å²) in [5, 5.41) is 6.53. The average Bonchev–Trinajstić information content (AvgIpc) is 2.81. The summed E-state index contributed by atoms with van der Waals surface area (Å²) in [6.07, 6.45) is 2.07. The van der Waals surface area contributed by atoms with Gasteiger partial charge in [0.2, 0.25) is 0 Å². The van der Waals surface area contributed by atoms with Crippen LogP contribution in [0.2, 0.25) is 0 Å². The molecule has 23 heavy (non-hydrogen) atoms. The van der Waals surface area contributed by atoms with Gasteiger partial charge in [0, 0.05) is 36.5 Å². The molecule has 5 nitrogen and oxygen atoms in total. The first-order chi connectivity index (χ1) is 10.9. The van der Waals surface area contributed by atoms with Crippen molar-refractivity contribution in [2.75, 3.05) is 33.4 Å². The second-order valence-corrected chi connectivity index (χ2v) is 7.11. The maximum atomic E-state index is 12.7. The molecule has 0 spiro atoms. The molecule has 1 amide bonds. The maximum Gasteiger partial charge on any atom is 0.253 e. The number of carbonyl (C=O) groups excluding carboxylic acids is 1. The zero-order chi connectivity index (χ0) is 17.0. The molecule has 1 fully saturated rings. The first kappa shape index (κ1) is 18.0. The van der Waals surface area contributed by atoms with Crippen molar-refractivity contribution in [2.24, 2.45) is 5.41 Å². The van der Waals surface area contributed by atoms with Crippen molar-refractivity contribution in [3.8, 4) is 0 Å². The molecule has 0 saturated carbocycles. The molecular formula is C18H31N3O2. The molecule has 0 atom stereocenters. The van der Waals surface area contributed by atoms with Gasteiger partial charge in [-0.05, 0) is 59.7 Å². The van der Waals surface area contributed by atoms with E-state index in [1.54, 1.807) is 7.11 Å². The summed E-state index contributed by atoms with van der Waals surface area (Å²) in [6, 6.07) is 2.36. The number of hydrogen-bond donors (Lipinski definition) is 2. The Morgan fingerprint density at radius 2 is 2.04 bits per heavy atom. The summed E-state index contributed by atoms with van der Waals surface area (Å²) in [5.41, 5.74) is 3.02. The van der Waals surface area contributed by atoms with Gasteiger partial charge in [0.1, 0.15) is 0 Å². The fourth-order valence-corrected chi connectivity index (χ4v) is 3.80. The lowest BCUT2D eigenvalue weighted by atomic mass is 9.79. The Morgan fingerprint density at radius 3 is 2.57 bits per heavy atom. The van der Waals surface area contributed by atoms with E-state index in [1.807, 2.05) is 13.0 Å². The predicted octanol–water partition coefficient (Wildman–Crippen LogP) is 2.43. The fourth-order valence-electron chi connectivity index (χ4n) is 3.80. The Labute approximate surface area is 139 Å². The Kier molecular flexibility index (Phi) is 5.87. The molecule has 0 bridgehead atoms. The van der Waals surface area contributed by atoms with Crippen molar-refractivity contribution in [3.05, 3.63) is 23.0 Å². The van der Waals surface area contributed by atoms with Crippen LogP contribution in [0.1, 0.15) is 54.5 Å². The van der Waals surface area contributed by atoms with Gasteiger partial charge in [-0.15, -0.1) is 0 Å². The quantitative estimate of drug-likeness (QED) is 0.846. The second-order valence-electron chi connectivity index (χ2n) is 7.11. The molecule has 1 aliphatic rings. The molecule has 0 radical (unpaired) electrons. The lowest BCUT2D eigenvalue weighted by Crippen LogP contribution is -2.47. The molecule has 130 valence electrons.